The molecule has 4 aromatic rings. The monoisotopic (exact) mass is 427 g/mol. The first-order valence-electron chi connectivity index (χ1n) is 10.3. The third-order valence-corrected chi connectivity index (χ3v) is 5.77. The number of ketones is 1. The number of nitrogens with zero attached hydrogens (tertiary/aromatic N) is 3. The van der Waals surface area contributed by atoms with Crippen molar-refractivity contribution in [2.45, 2.75) is 26.4 Å². The molecule has 32 heavy (non-hydrogen) atoms. The number of rotatable bonds is 4. The minimum absolute atomic E-state index is 0.0409. The smallest absolute Gasteiger partial charge is 0.296 e. The van der Waals surface area contributed by atoms with Crippen LogP contribution in [0.2, 0.25) is 0 Å². The number of likely N-dealkylation sites (tertiary alicyclic amines) is 1. The molecule has 0 bridgehead atoms. The SMILES string of the molecule is Cc1ccc(C2/C(=C(\O)c3c(C)nc4ccccn34)C(=O)C(=O)N2Cc2ccco2)cc1. The summed E-state index contributed by atoms with van der Waals surface area (Å²) in [4.78, 5) is 32.2. The van der Waals surface area contributed by atoms with E-state index in [1.165, 1.54) is 11.2 Å². The highest BCUT2D eigenvalue weighted by molar-refractivity contribution is 6.46. The highest BCUT2D eigenvalue weighted by Gasteiger charge is 2.46. The standard InChI is InChI=1S/C25H21N3O4/c1-15-8-10-17(11-9-15)22-20(24(30)25(31)28(22)14-18-6-5-13-32-18)23(29)21-16(2)26-19-7-3-4-12-27(19)21/h3-13,22,29H,14H2,1-2H3/b23-20+. The average Bonchev–Trinajstić information content (AvgIpc) is 3.47. The summed E-state index contributed by atoms with van der Waals surface area (Å²) in [5.41, 5.74) is 3.42. The second-order valence-corrected chi connectivity index (χ2v) is 7.89. The van der Waals surface area contributed by atoms with Crippen LogP contribution < -0.4 is 0 Å². The molecule has 4 heterocycles. The third-order valence-electron chi connectivity index (χ3n) is 5.77. The summed E-state index contributed by atoms with van der Waals surface area (Å²) in [7, 11) is 0. The summed E-state index contributed by atoms with van der Waals surface area (Å²) in [5.74, 6) is -1.10. The van der Waals surface area contributed by atoms with Crippen LogP contribution in [0, 0.1) is 13.8 Å². The van der Waals surface area contributed by atoms with E-state index in [9.17, 15) is 14.7 Å². The number of aliphatic hydroxyl groups excluding tert-OH is 1. The van der Waals surface area contributed by atoms with Gasteiger partial charge in [-0.05, 0) is 43.7 Å². The van der Waals surface area contributed by atoms with Crippen molar-refractivity contribution in [3.63, 3.8) is 0 Å². The van der Waals surface area contributed by atoms with Crippen LogP contribution in [0.15, 0.2) is 77.0 Å². The second-order valence-electron chi connectivity index (χ2n) is 7.89. The van der Waals surface area contributed by atoms with Gasteiger partial charge in [0.15, 0.2) is 5.76 Å². The fourth-order valence-corrected chi connectivity index (χ4v) is 4.24. The van der Waals surface area contributed by atoms with Crippen molar-refractivity contribution in [3.8, 4) is 0 Å². The van der Waals surface area contributed by atoms with Crippen molar-refractivity contribution in [3.05, 3.63) is 101 Å². The highest BCUT2D eigenvalue weighted by Crippen LogP contribution is 2.40. The third kappa shape index (κ3) is 3.10. The van der Waals surface area contributed by atoms with Gasteiger partial charge in [0.1, 0.15) is 17.1 Å². The van der Waals surface area contributed by atoms with E-state index in [4.69, 9.17) is 4.42 Å². The van der Waals surface area contributed by atoms with Gasteiger partial charge in [-0.2, -0.15) is 0 Å². The fourth-order valence-electron chi connectivity index (χ4n) is 4.24. The molecule has 7 nitrogen and oxygen atoms in total. The molecule has 5 rings (SSSR count). The summed E-state index contributed by atoms with van der Waals surface area (Å²) in [6.07, 6.45) is 3.29. The van der Waals surface area contributed by atoms with E-state index in [-0.39, 0.29) is 17.9 Å². The van der Waals surface area contributed by atoms with E-state index in [0.29, 0.717) is 22.8 Å². The number of carbonyl (C=O) groups is 2. The van der Waals surface area contributed by atoms with Crippen LogP contribution in [-0.4, -0.2) is 31.1 Å². The molecular weight excluding hydrogens is 406 g/mol. The van der Waals surface area contributed by atoms with Gasteiger partial charge in [0.05, 0.1) is 30.1 Å². The Morgan fingerprint density at radius 2 is 1.84 bits per heavy atom. The molecule has 1 aliphatic rings. The maximum absolute atomic E-state index is 13.2. The number of carbonyl (C=O) groups excluding carboxylic acids is 2. The summed E-state index contributed by atoms with van der Waals surface area (Å²) < 4.78 is 7.15. The van der Waals surface area contributed by atoms with Crippen molar-refractivity contribution < 1.29 is 19.1 Å². The number of imidazole rings is 1. The summed E-state index contributed by atoms with van der Waals surface area (Å²) in [5, 5.41) is 11.4. The number of hydrogen-bond acceptors (Lipinski definition) is 5. The molecule has 0 radical (unpaired) electrons. The molecule has 1 N–H and O–H groups in total. The van der Waals surface area contributed by atoms with Crippen molar-refractivity contribution >= 4 is 23.1 Å². The van der Waals surface area contributed by atoms with Gasteiger partial charge in [-0.1, -0.05) is 35.9 Å². The molecule has 0 spiro atoms. The summed E-state index contributed by atoms with van der Waals surface area (Å²) >= 11 is 0. The van der Waals surface area contributed by atoms with Gasteiger partial charge in [-0.15, -0.1) is 0 Å². The van der Waals surface area contributed by atoms with Crippen LogP contribution in [0.25, 0.3) is 11.4 Å². The minimum Gasteiger partial charge on any atom is -0.505 e. The normalized spacial score (nSPS) is 18.1. The average molecular weight is 427 g/mol. The Kier molecular flexibility index (Phi) is 4.66. The van der Waals surface area contributed by atoms with Crippen molar-refractivity contribution in [2.75, 3.05) is 0 Å². The predicted octanol–water partition coefficient (Wildman–Crippen LogP) is 4.17. The lowest BCUT2D eigenvalue weighted by Gasteiger charge is -2.24. The van der Waals surface area contributed by atoms with Crippen LogP contribution >= 0.6 is 0 Å². The lowest BCUT2D eigenvalue weighted by atomic mass is 9.95. The van der Waals surface area contributed by atoms with Crippen LogP contribution in [0.4, 0.5) is 0 Å². The first-order valence-corrected chi connectivity index (χ1v) is 10.3. The van der Waals surface area contributed by atoms with E-state index < -0.39 is 17.7 Å². The quantitative estimate of drug-likeness (QED) is 0.300. The van der Waals surface area contributed by atoms with Crippen molar-refractivity contribution in [1.29, 1.82) is 0 Å². The Bertz CT molecular complexity index is 1360. The lowest BCUT2D eigenvalue weighted by Crippen LogP contribution is -2.29. The number of amides is 1. The number of benzene rings is 1. The Labute approximate surface area is 184 Å². The Hall–Kier alpha value is -4.13. The first-order chi connectivity index (χ1) is 15.5. The van der Waals surface area contributed by atoms with E-state index in [0.717, 1.165) is 11.1 Å². The molecule has 1 unspecified atom stereocenters. The minimum atomic E-state index is -0.755. The van der Waals surface area contributed by atoms with Crippen molar-refractivity contribution in [2.24, 2.45) is 0 Å². The zero-order chi connectivity index (χ0) is 22.4. The topological polar surface area (TPSA) is 88.0 Å². The molecule has 0 aliphatic carbocycles. The van der Waals surface area contributed by atoms with E-state index in [1.807, 2.05) is 49.4 Å². The van der Waals surface area contributed by atoms with Crippen LogP contribution in [-0.2, 0) is 16.1 Å². The van der Waals surface area contributed by atoms with Gasteiger partial charge in [0, 0.05) is 6.20 Å². The van der Waals surface area contributed by atoms with Crippen LogP contribution in [0.5, 0.6) is 0 Å². The van der Waals surface area contributed by atoms with E-state index in [2.05, 4.69) is 4.98 Å². The zero-order valence-electron chi connectivity index (χ0n) is 17.6. The van der Waals surface area contributed by atoms with E-state index in [1.54, 1.807) is 29.7 Å². The maximum Gasteiger partial charge on any atom is 0.296 e. The molecule has 1 aliphatic heterocycles. The van der Waals surface area contributed by atoms with Crippen LogP contribution in [0.1, 0.15) is 34.3 Å². The Morgan fingerprint density at radius 1 is 1.06 bits per heavy atom. The fraction of sp³-hybridized carbons (Fsp3) is 0.160. The van der Waals surface area contributed by atoms with Gasteiger partial charge in [0.2, 0.25) is 0 Å². The number of aliphatic hydroxyl groups is 1. The number of fused-ring (bicyclic) bond motifs is 1. The number of hydrogen-bond donors (Lipinski definition) is 1. The molecule has 1 atom stereocenters. The van der Waals surface area contributed by atoms with Gasteiger partial charge in [0.25, 0.3) is 11.7 Å². The number of Topliss-reactive ketones (excluding diaryl/α,β-unsaturated/α-hetero) is 1. The number of aromatic nitrogens is 2. The van der Waals surface area contributed by atoms with Crippen LogP contribution in [0.3, 0.4) is 0 Å². The predicted molar refractivity (Wildman–Crippen MR) is 118 cm³/mol. The van der Waals surface area contributed by atoms with Gasteiger partial charge in [-0.25, -0.2) is 4.98 Å². The van der Waals surface area contributed by atoms with Gasteiger partial charge in [-0.3, -0.25) is 14.0 Å². The molecule has 7 heteroatoms. The Morgan fingerprint density at radius 3 is 2.56 bits per heavy atom. The van der Waals surface area contributed by atoms with Crippen molar-refractivity contribution in [1.82, 2.24) is 14.3 Å². The Balaban J connectivity index is 1.72. The second kappa shape index (κ2) is 7.53. The van der Waals surface area contributed by atoms with Gasteiger partial charge < -0.3 is 14.4 Å². The molecule has 1 fully saturated rings. The molecule has 1 saturated heterocycles. The zero-order valence-corrected chi connectivity index (χ0v) is 17.6. The molecule has 160 valence electrons. The van der Waals surface area contributed by atoms with Gasteiger partial charge >= 0.3 is 0 Å². The molecule has 1 amide bonds. The maximum atomic E-state index is 13.2. The number of aryl methyl sites for hydroxylation is 2. The summed E-state index contributed by atoms with van der Waals surface area (Å²) in [6, 6.07) is 15.8. The first kappa shape index (κ1) is 19.8. The van der Waals surface area contributed by atoms with E-state index >= 15 is 0 Å². The molecule has 1 aromatic carbocycles. The largest absolute Gasteiger partial charge is 0.505 e. The number of furan rings is 1. The molecule has 3 aromatic heterocycles. The number of pyridine rings is 1. The molecular formula is C25H21N3O4. The lowest BCUT2D eigenvalue weighted by molar-refractivity contribution is -0.140. The molecule has 0 saturated carbocycles. The summed E-state index contributed by atoms with van der Waals surface area (Å²) in [6.45, 7) is 3.84. The highest BCUT2D eigenvalue weighted by atomic mass is 16.3.